The number of halogens is 3. The van der Waals surface area contributed by atoms with Gasteiger partial charge in [0.15, 0.2) is 5.78 Å². The fourth-order valence-corrected chi connectivity index (χ4v) is 12.7. The smallest absolute Gasteiger partial charge is 0.352 e. The number of aromatic carboxylic acids is 1. The van der Waals surface area contributed by atoms with Crippen molar-refractivity contribution in [2.24, 2.45) is 16.8 Å². The number of ether oxygens (including phenoxy) is 1. The molecule has 2 atom stereocenters. The Kier molecular flexibility index (Phi) is 15.4. The Morgan fingerprint density at radius 1 is 0.865 bits per heavy atom. The van der Waals surface area contributed by atoms with E-state index in [9.17, 15) is 28.7 Å². The number of Topliss-reactive ketones (excluding diaryl/α,β-unsaturated/α-hetero) is 2. The summed E-state index contributed by atoms with van der Waals surface area (Å²) in [6, 6.07) is 16.6. The summed E-state index contributed by atoms with van der Waals surface area (Å²) in [4.78, 5) is 65.8. The Balaban J connectivity index is 0.801. The number of aliphatic imine (C=N–C) groups is 1. The number of hydrogen-bond donors (Lipinski definition) is 1. The molecule has 5 aromatic rings. The van der Waals surface area contributed by atoms with Crippen LogP contribution in [0.1, 0.15) is 116 Å². The molecule has 5 aliphatic rings. The van der Waals surface area contributed by atoms with E-state index in [0.717, 1.165) is 102 Å². The van der Waals surface area contributed by atoms with Crippen molar-refractivity contribution in [3.05, 3.63) is 111 Å². The fourth-order valence-electron chi connectivity index (χ4n) is 12.4. The summed E-state index contributed by atoms with van der Waals surface area (Å²) >= 11 is 7.24. The van der Waals surface area contributed by atoms with Crippen molar-refractivity contribution in [3.63, 3.8) is 0 Å². The zero-order valence-corrected chi connectivity index (χ0v) is 43.6. The van der Waals surface area contributed by atoms with E-state index in [-0.39, 0.29) is 54.3 Å². The highest BCUT2D eigenvalue weighted by Crippen LogP contribution is 2.42. The number of carbonyl (C=O) groups is 4. The van der Waals surface area contributed by atoms with Crippen LogP contribution in [-0.2, 0) is 29.1 Å². The number of hydrogen-bond acceptors (Lipinski definition) is 9. The van der Waals surface area contributed by atoms with Crippen molar-refractivity contribution in [1.82, 2.24) is 19.3 Å². The van der Waals surface area contributed by atoms with E-state index >= 15 is 4.39 Å². The van der Waals surface area contributed by atoms with Crippen LogP contribution in [0.2, 0.25) is 5.02 Å². The number of piperidine rings is 1. The summed E-state index contributed by atoms with van der Waals surface area (Å²) in [7, 11) is 0. The van der Waals surface area contributed by atoms with E-state index in [1.807, 2.05) is 41.8 Å². The summed E-state index contributed by atoms with van der Waals surface area (Å²) in [5, 5.41) is 14.1. The molecule has 74 heavy (non-hydrogen) atoms. The van der Waals surface area contributed by atoms with E-state index in [1.54, 1.807) is 17.0 Å². The van der Waals surface area contributed by atoms with Crippen LogP contribution in [0.25, 0.3) is 27.2 Å². The highest BCUT2D eigenvalue weighted by Gasteiger charge is 2.38. The number of amides is 1. The summed E-state index contributed by atoms with van der Waals surface area (Å²) in [6.07, 6.45) is 5.71. The van der Waals surface area contributed by atoms with E-state index in [0.29, 0.717) is 99.4 Å². The standard InChI is InChI=1S/C59H67ClF2N6O6/c1-36-18-21-63-38(3)54(37(36)2)55-48(60)16-15-46-45(9-6-30-74-53-11-4-7-40-31-42(61)12-14-44(40)53)57(59(72)73)67(56(46)55)29-26-64-22-19-39(20-23-64)34-65-24-27-66(28-25-65)51-32-41-35-68(58(71)47(41)33-49(51)62)50-17-13-43(69)8-5-10-52(50)70/h4,7,11-12,14-16,31-33,36,39,50H,5-6,8-10,13,17-30,34-35H2,1-3H3,(H,72,73). The number of ketones is 2. The molecule has 1 N–H and O–H groups in total. The van der Waals surface area contributed by atoms with Crippen LogP contribution in [0.4, 0.5) is 14.5 Å². The van der Waals surface area contributed by atoms with Crippen LogP contribution < -0.4 is 9.64 Å². The molecular formula is C59H67ClF2N6O6. The molecule has 2 unspecified atom stereocenters. The van der Waals surface area contributed by atoms with Gasteiger partial charge in [-0.25, -0.2) is 13.6 Å². The lowest BCUT2D eigenvalue weighted by Crippen LogP contribution is -2.49. The van der Waals surface area contributed by atoms with Gasteiger partial charge in [-0.3, -0.25) is 24.3 Å². The summed E-state index contributed by atoms with van der Waals surface area (Å²) < 4.78 is 38.1. The second-order valence-electron chi connectivity index (χ2n) is 21.3. The minimum Gasteiger partial charge on any atom is -0.493 e. The van der Waals surface area contributed by atoms with Gasteiger partial charge in [0.2, 0.25) is 0 Å². The molecule has 10 rings (SSSR count). The zero-order valence-electron chi connectivity index (χ0n) is 42.9. The summed E-state index contributed by atoms with van der Waals surface area (Å²) in [6.45, 7) is 14.4. The van der Waals surface area contributed by atoms with Gasteiger partial charge in [-0.2, -0.15) is 0 Å². The molecule has 1 amide bonds. The molecule has 3 fully saturated rings. The molecule has 5 heterocycles. The molecule has 390 valence electrons. The van der Waals surface area contributed by atoms with Crippen molar-refractivity contribution in [3.8, 4) is 5.75 Å². The lowest BCUT2D eigenvalue weighted by molar-refractivity contribution is -0.126. The molecule has 0 radical (unpaired) electrons. The van der Waals surface area contributed by atoms with E-state index < -0.39 is 17.8 Å². The Morgan fingerprint density at radius 2 is 1.65 bits per heavy atom. The van der Waals surface area contributed by atoms with Crippen LogP contribution in [0.5, 0.6) is 5.75 Å². The van der Waals surface area contributed by atoms with Gasteiger partial charge >= 0.3 is 5.97 Å². The quantitative estimate of drug-likeness (QED) is 0.108. The first-order valence-electron chi connectivity index (χ1n) is 26.7. The lowest BCUT2D eigenvalue weighted by atomic mass is 9.88. The summed E-state index contributed by atoms with van der Waals surface area (Å²) in [5.74, 6) is -0.566. The first-order valence-corrected chi connectivity index (χ1v) is 27.1. The molecule has 1 aliphatic carbocycles. The highest BCUT2D eigenvalue weighted by atomic mass is 35.5. The zero-order chi connectivity index (χ0) is 51.8. The fraction of sp³-hybridized carbons (Fsp3) is 0.475. The molecule has 12 nitrogen and oxygen atoms in total. The Morgan fingerprint density at radius 3 is 2.43 bits per heavy atom. The number of benzene rings is 4. The van der Waals surface area contributed by atoms with Crippen molar-refractivity contribution in [1.29, 1.82) is 0 Å². The summed E-state index contributed by atoms with van der Waals surface area (Å²) in [5.41, 5.74) is 7.27. The number of piperazine rings is 1. The highest BCUT2D eigenvalue weighted by molar-refractivity contribution is 6.38. The molecule has 0 bridgehead atoms. The minimum atomic E-state index is -0.988. The average Bonchev–Trinajstić information content (AvgIpc) is 3.83. The van der Waals surface area contributed by atoms with Crippen LogP contribution in [0, 0.1) is 23.5 Å². The number of anilines is 1. The Hall–Kier alpha value is -5.96. The number of aryl methyl sites for hydroxylation is 1. The largest absolute Gasteiger partial charge is 0.493 e. The SMILES string of the molecule is CC1=NCCC(C)C(C)=C1c1c(Cl)ccc2c(CCCOc3cccc4cc(F)ccc34)c(C(=O)O)n(CCN3CCC(CN4CCN(c5cc6c(cc5F)C(=O)N(C5CCC(=O)CCCC5=O)C6)CC4)CC3)c12. The van der Waals surface area contributed by atoms with E-state index in [1.165, 1.54) is 23.8 Å². The first-order chi connectivity index (χ1) is 35.7. The molecular weight excluding hydrogens is 962 g/mol. The third-order valence-corrected chi connectivity index (χ3v) is 17.0. The van der Waals surface area contributed by atoms with Crippen LogP contribution in [0.3, 0.4) is 0 Å². The minimum absolute atomic E-state index is 0.0246. The maximum atomic E-state index is 15.8. The molecule has 1 aromatic heterocycles. The van der Waals surface area contributed by atoms with Crippen LogP contribution >= 0.6 is 11.6 Å². The van der Waals surface area contributed by atoms with Crippen LogP contribution in [-0.4, -0.2) is 125 Å². The number of rotatable bonds is 14. The first kappa shape index (κ1) is 51.5. The second kappa shape index (κ2) is 22.1. The van der Waals surface area contributed by atoms with Gasteiger partial charge in [0.25, 0.3) is 5.91 Å². The predicted molar refractivity (Wildman–Crippen MR) is 287 cm³/mol. The van der Waals surface area contributed by atoms with Crippen molar-refractivity contribution < 1.29 is 37.8 Å². The Bertz CT molecular complexity index is 3080. The van der Waals surface area contributed by atoms with Gasteiger partial charge in [-0.15, -0.1) is 0 Å². The van der Waals surface area contributed by atoms with Gasteiger partial charge in [0.1, 0.15) is 28.9 Å². The lowest BCUT2D eigenvalue weighted by Gasteiger charge is -2.39. The predicted octanol–water partition coefficient (Wildman–Crippen LogP) is 10.7. The third-order valence-electron chi connectivity index (χ3n) is 16.7. The van der Waals surface area contributed by atoms with Crippen molar-refractivity contribution >= 4 is 73.7 Å². The molecule has 0 spiro atoms. The van der Waals surface area contributed by atoms with E-state index in [2.05, 4.69) is 28.5 Å². The maximum absolute atomic E-state index is 15.8. The molecule has 1 saturated carbocycles. The van der Waals surface area contributed by atoms with Gasteiger partial charge < -0.3 is 29.1 Å². The number of carboxylic acids is 1. The molecule has 4 aromatic carbocycles. The average molecular weight is 1030 g/mol. The second-order valence-corrected chi connectivity index (χ2v) is 21.7. The molecule has 2 saturated heterocycles. The number of carboxylic acid groups (broad SMARTS) is 1. The normalized spacial score (nSPS) is 20.8. The van der Waals surface area contributed by atoms with Gasteiger partial charge in [-0.05, 0) is 143 Å². The number of nitrogens with zero attached hydrogens (tertiary/aromatic N) is 6. The van der Waals surface area contributed by atoms with Gasteiger partial charge in [-0.1, -0.05) is 42.3 Å². The number of aromatic nitrogens is 1. The molecule has 15 heteroatoms. The third kappa shape index (κ3) is 10.5. The maximum Gasteiger partial charge on any atom is 0.352 e. The number of fused-ring (bicyclic) bond motifs is 3. The number of likely N-dealkylation sites (tertiary alicyclic amines) is 1. The van der Waals surface area contributed by atoms with Gasteiger partial charge in [0.05, 0.1) is 28.9 Å². The van der Waals surface area contributed by atoms with Crippen LogP contribution in [0.15, 0.2) is 71.2 Å². The topological polar surface area (TPSA) is 128 Å². The molecule has 4 aliphatic heterocycles. The number of carbonyl (C=O) groups excluding carboxylic acids is 3. The van der Waals surface area contributed by atoms with Gasteiger partial charge in [0, 0.05) is 111 Å². The Labute approximate surface area is 437 Å². The van der Waals surface area contributed by atoms with Crippen molar-refractivity contribution in [2.75, 3.05) is 70.4 Å². The van der Waals surface area contributed by atoms with Crippen molar-refractivity contribution in [2.45, 2.75) is 104 Å². The number of allylic oxidation sites excluding steroid dienone is 2. The van der Waals surface area contributed by atoms with E-state index in [4.69, 9.17) is 21.3 Å². The monoisotopic (exact) mass is 1030 g/mol.